The van der Waals surface area contributed by atoms with Gasteiger partial charge in [-0.1, -0.05) is 43.7 Å². The molecule has 124 valence electrons. The summed E-state index contributed by atoms with van der Waals surface area (Å²) in [5.74, 6) is 0.339. The number of carbonyl (C=O) groups excluding carboxylic acids is 2. The van der Waals surface area contributed by atoms with Crippen LogP contribution in [0.2, 0.25) is 5.02 Å². The van der Waals surface area contributed by atoms with Crippen LogP contribution in [0.15, 0.2) is 18.5 Å². The number of carbonyl (C=O) groups is 2. The average Bonchev–Trinajstić information content (AvgIpc) is 2.57. The van der Waals surface area contributed by atoms with E-state index in [4.69, 9.17) is 11.6 Å². The van der Waals surface area contributed by atoms with Gasteiger partial charge in [0, 0.05) is 25.5 Å². The molecule has 3 rings (SSSR count). The van der Waals surface area contributed by atoms with Gasteiger partial charge < -0.3 is 10.2 Å². The maximum Gasteiger partial charge on any atom is 0.256 e. The molecular formula is C17H22ClN3O2. The van der Waals surface area contributed by atoms with Crippen molar-refractivity contribution in [2.24, 2.45) is 5.92 Å². The van der Waals surface area contributed by atoms with Crippen molar-refractivity contribution in [2.75, 3.05) is 13.1 Å². The van der Waals surface area contributed by atoms with Crippen LogP contribution in [0, 0.1) is 5.92 Å². The summed E-state index contributed by atoms with van der Waals surface area (Å²) in [5.41, 5.74) is 0.445. The molecule has 2 heterocycles. The summed E-state index contributed by atoms with van der Waals surface area (Å²) in [7, 11) is 0. The number of aromatic nitrogens is 1. The molecule has 0 radical (unpaired) electrons. The minimum absolute atomic E-state index is 0.0369. The van der Waals surface area contributed by atoms with Gasteiger partial charge in [-0.3, -0.25) is 14.6 Å². The van der Waals surface area contributed by atoms with Gasteiger partial charge >= 0.3 is 0 Å². The fourth-order valence-electron chi connectivity index (χ4n) is 3.63. The van der Waals surface area contributed by atoms with Gasteiger partial charge in [-0.15, -0.1) is 0 Å². The van der Waals surface area contributed by atoms with Gasteiger partial charge in [0.25, 0.3) is 5.91 Å². The summed E-state index contributed by atoms with van der Waals surface area (Å²) in [6.45, 7) is 1.04. The van der Waals surface area contributed by atoms with Crippen LogP contribution in [0.25, 0.3) is 0 Å². The van der Waals surface area contributed by atoms with E-state index >= 15 is 0 Å². The highest BCUT2D eigenvalue weighted by molar-refractivity contribution is 6.30. The molecule has 0 aromatic carbocycles. The second kappa shape index (κ2) is 7.30. The lowest BCUT2D eigenvalue weighted by Gasteiger charge is -2.37. The Balaban J connectivity index is 1.76. The van der Waals surface area contributed by atoms with Gasteiger partial charge in [-0.25, -0.2) is 0 Å². The Bertz CT molecular complexity index is 587. The van der Waals surface area contributed by atoms with Crippen molar-refractivity contribution in [2.45, 2.75) is 44.6 Å². The van der Waals surface area contributed by atoms with Crippen LogP contribution in [0.5, 0.6) is 0 Å². The van der Waals surface area contributed by atoms with E-state index in [2.05, 4.69) is 10.3 Å². The number of amides is 2. The molecule has 1 saturated heterocycles. The van der Waals surface area contributed by atoms with Gasteiger partial charge in [-0.05, 0) is 18.4 Å². The number of piperazine rings is 1. The monoisotopic (exact) mass is 335 g/mol. The van der Waals surface area contributed by atoms with E-state index in [9.17, 15) is 9.59 Å². The molecule has 1 unspecified atom stereocenters. The molecule has 5 nitrogen and oxygen atoms in total. The number of nitrogens with one attached hydrogen (secondary N) is 1. The number of pyridine rings is 1. The first-order valence-electron chi connectivity index (χ1n) is 8.34. The quantitative estimate of drug-likeness (QED) is 0.923. The summed E-state index contributed by atoms with van der Waals surface area (Å²) < 4.78 is 0. The Morgan fingerprint density at radius 2 is 2.09 bits per heavy atom. The molecule has 1 atom stereocenters. The molecule has 0 spiro atoms. The first-order chi connectivity index (χ1) is 11.1. The predicted molar refractivity (Wildman–Crippen MR) is 88.3 cm³/mol. The van der Waals surface area contributed by atoms with E-state index in [-0.39, 0.29) is 17.9 Å². The second-order valence-electron chi connectivity index (χ2n) is 6.44. The fourth-order valence-corrected chi connectivity index (χ4v) is 3.80. The maximum absolute atomic E-state index is 12.8. The van der Waals surface area contributed by atoms with Gasteiger partial charge in [-0.2, -0.15) is 0 Å². The van der Waals surface area contributed by atoms with Crippen LogP contribution < -0.4 is 5.32 Å². The fraction of sp³-hybridized carbons (Fsp3) is 0.588. The summed E-state index contributed by atoms with van der Waals surface area (Å²) in [5, 5.41) is 3.33. The first kappa shape index (κ1) is 16.2. The zero-order chi connectivity index (χ0) is 16.2. The van der Waals surface area contributed by atoms with E-state index in [0.29, 0.717) is 29.6 Å². The zero-order valence-corrected chi connectivity index (χ0v) is 13.9. The molecule has 23 heavy (non-hydrogen) atoms. The Labute approximate surface area is 141 Å². The average molecular weight is 336 g/mol. The number of halogens is 1. The first-order valence-corrected chi connectivity index (χ1v) is 8.72. The molecule has 1 saturated carbocycles. The summed E-state index contributed by atoms with van der Waals surface area (Å²) in [4.78, 5) is 30.8. The summed E-state index contributed by atoms with van der Waals surface area (Å²) in [6.07, 6.45) is 9.82. The van der Waals surface area contributed by atoms with Crippen LogP contribution in [0.3, 0.4) is 0 Å². The lowest BCUT2D eigenvalue weighted by Crippen LogP contribution is -2.57. The molecule has 2 amide bonds. The van der Waals surface area contributed by atoms with Crippen LogP contribution in [0.4, 0.5) is 0 Å². The second-order valence-corrected chi connectivity index (χ2v) is 6.87. The van der Waals surface area contributed by atoms with Gasteiger partial charge in [0.05, 0.1) is 10.6 Å². The molecule has 6 heteroatoms. The van der Waals surface area contributed by atoms with E-state index in [0.717, 1.165) is 19.3 Å². The van der Waals surface area contributed by atoms with Crippen molar-refractivity contribution in [1.29, 1.82) is 0 Å². The van der Waals surface area contributed by atoms with Gasteiger partial charge in [0.2, 0.25) is 5.91 Å². The Kier molecular flexibility index (Phi) is 5.16. The third kappa shape index (κ3) is 3.83. The smallest absolute Gasteiger partial charge is 0.256 e. The summed E-state index contributed by atoms with van der Waals surface area (Å²) in [6, 6.07) is 1.24. The predicted octanol–water partition coefficient (Wildman–Crippen LogP) is 2.65. The minimum Gasteiger partial charge on any atom is -0.353 e. The Morgan fingerprint density at radius 1 is 1.30 bits per heavy atom. The highest BCUT2D eigenvalue weighted by Crippen LogP contribution is 2.29. The largest absolute Gasteiger partial charge is 0.353 e. The highest BCUT2D eigenvalue weighted by Gasteiger charge is 2.35. The Hall–Kier alpha value is -1.62. The Morgan fingerprint density at radius 3 is 2.83 bits per heavy atom. The molecular weight excluding hydrogens is 314 g/mol. The van der Waals surface area contributed by atoms with E-state index in [1.54, 1.807) is 11.0 Å². The van der Waals surface area contributed by atoms with Crippen molar-refractivity contribution in [1.82, 2.24) is 15.2 Å². The number of hydrogen-bond donors (Lipinski definition) is 1. The highest BCUT2D eigenvalue weighted by atomic mass is 35.5. The van der Waals surface area contributed by atoms with Crippen LogP contribution in [0.1, 0.15) is 48.9 Å². The third-order valence-electron chi connectivity index (χ3n) is 4.82. The van der Waals surface area contributed by atoms with Gasteiger partial charge in [0.15, 0.2) is 0 Å². The summed E-state index contributed by atoms with van der Waals surface area (Å²) >= 11 is 5.94. The zero-order valence-electron chi connectivity index (χ0n) is 13.1. The van der Waals surface area contributed by atoms with E-state index < -0.39 is 0 Å². The van der Waals surface area contributed by atoms with Crippen molar-refractivity contribution >= 4 is 23.4 Å². The van der Waals surface area contributed by atoms with Crippen LogP contribution >= 0.6 is 11.6 Å². The van der Waals surface area contributed by atoms with Crippen molar-refractivity contribution < 1.29 is 9.59 Å². The molecule has 1 aliphatic heterocycles. The number of nitrogens with zero attached hydrogens (tertiary/aromatic N) is 2. The molecule has 0 bridgehead atoms. The van der Waals surface area contributed by atoms with E-state index in [1.165, 1.54) is 31.7 Å². The topological polar surface area (TPSA) is 62.3 Å². The molecule has 2 fully saturated rings. The van der Waals surface area contributed by atoms with Gasteiger partial charge in [0.1, 0.15) is 6.04 Å². The molecule has 1 N–H and O–H groups in total. The lowest BCUT2D eigenvalue weighted by atomic mass is 9.84. The van der Waals surface area contributed by atoms with Crippen LogP contribution in [-0.2, 0) is 4.79 Å². The number of rotatable bonds is 3. The van der Waals surface area contributed by atoms with Crippen molar-refractivity contribution in [3.05, 3.63) is 29.0 Å². The SMILES string of the molecule is O=C1NCCN(C(=O)c2cncc(Cl)c2)C1CC1CCCCC1. The lowest BCUT2D eigenvalue weighted by molar-refractivity contribution is -0.128. The standard InChI is InChI=1S/C17H22ClN3O2/c18-14-9-13(10-19-11-14)17(23)21-7-6-20-16(22)15(21)8-12-4-2-1-3-5-12/h9-12,15H,1-8H2,(H,20,22). The molecule has 1 aliphatic carbocycles. The normalized spacial score (nSPS) is 22.7. The van der Waals surface area contributed by atoms with Crippen molar-refractivity contribution in [3.8, 4) is 0 Å². The molecule has 1 aromatic rings. The van der Waals surface area contributed by atoms with Crippen LogP contribution in [-0.4, -0.2) is 40.8 Å². The maximum atomic E-state index is 12.8. The van der Waals surface area contributed by atoms with E-state index in [1.807, 2.05) is 0 Å². The van der Waals surface area contributed by atoms with Crippen molar-refractivity contribution in [3.63, 3.8) is 0 Å². The molecule has 1 aromatic heterocycles. The third-order valence-corrected chi connectivity index (χ3v) is 5.03. The number of hydrogen-bond acceptors (Lipinski definition) is 3. The minimum atomic E-state index is -0.377. The molecule has 2 aliphatic rings.